The zero-order chi connectivity index (χ0) is 22.6. The van der Waals surface area contributed by atoms with Crippen LogP contribution in [0.25, 0.3) is 0 Å². The van der Waals surface area contributed by atoms with Crippen molar-refractivity contribution in [3.63, 3.8) is 0 Å². The minimum absolute atomic E-state index is 0.215. The number of benzene rings is 2. The molecule has 0 aliphatic carbocycles. The molecular weight excluding hydrogens is 434 g/mol. The predicted octanol–water partition coefficient (Wildman–Crippen LogP) is 3.70. The van der Waals surface area contributed by atoms with E-state index in [0.717, 1.165) is 30.6 Å². The van der Waals surface area contributed by atoms with Gasteiger partial charge in [-0.2, -0.15) is 0 Å². The summed E-state index contributed by atoms with van der Waals surface area (Å²) in [6.45, 7) is 4.03. The van der Waals surface area contributed by atoms with Crippen molar-refractivity contribution in [2.24, 2.45) is 0 Å². The van der Waals surface area contributed by atoms with Gasteiger partial charge in [-0.15, -0.1) is 10.2 Å². The quantitative estimate of drug-likeness (QED) is 0.376. The zero-order valence-corrected chi connectivity index (χ0v) is 19.3. The summed E-state index contributed by atoms with van der Waals surface area (Å²) in [5.74, 6) is 1.10. The van der Waals surface area contributed by atoms with Crippen molar-refractivity contribution in [2.45, 2.75) is 37.5 Å². The summed E-state index contributed by atoms with van der Waals surface area (Å²) < 4.78 is 2.18. The van der Waals surface area contributed by atoms with Crippen molar-refractivity contribution in [2.75, 3.05) is 25.4 Å². The van der Waals surface area contributed by atoms with Gasteiger partial charge in [0.2, 0.25) is 0 Å². The van der Waals surface area contributed by atoms with Crippen LogP contribution in [0.15, 0.2) is 59.8 Å². The highest BCUT2D eigenvalue weighted by molar-refractivity contribution is 7.99. The van der Waals surface area contributed by atoms with Crippen molar-refractivity contribution in [1.82, 2.24) is 24.6 Å². The van der Waals surface area contributed by atoms with Gasteiger partial charge in [0.05, 0.1) is 24.2 Å². The second kappa shape index (κ2) is 9.89. The third-order valence-corrected chi connectivity index (χ3v) is 7.16. The Hall–Kier alpha value is -2.97. The number of thioether (sulfide) groups is 1. The molecule has 1 fully saturated rings. The fourth-order valence-corrected chi connectivity index (χ4v) is 5.34. The maximum absolute atomic E-state index is 12.6. The first-order chi connectivity index (χ1) is 16.2. The molecule has 170 valence electrons. The molecule has 8 heteroatoms. The number of amides is 2. The van der Waals surface area contributed by atoms with E-state index >= 15 is 0 Å². The fourth-order valence-electron chi connectivity index (χ4n) is 4.46. The Morgan fingerprint density at radius 3 is 2.15 bits per heavy atom. The smallest absolute Gasteiger partial charge is 0.261 e. The molecule has 3 heterocycles. The van der Waals surface area contributed by atoms with Crippen molar-refractivity contribution in [3.05, 3.63) is 77.1 Å². The van der Waals surface area contributed by atoms with Crippen LogP contribution >= 0.6 is 11.8 Å². The van der Waals surface area contributed by atoms with E-state index in [1.165, 1.54) is 29.7 Å². The monoisotopic (exact) mass is 461 g/mol. The number of piperidine rings is 1. The average molecular weight is 462 g/mol. The maximum atomic E-state index is 12.6. The molecule has 5 rings (SSSR count). The molecule has 1 saturated heterocycles. The first-order valence-corrected chi connectivity index (χ1v) is 12.5. The standard InChI is InChI=1S/C25H27N5O2S/c31-23-20-11-5-6-12-21(20)24(32)29(23)15-16-33-25-27-26-22(18-28-13-7-2-8-14-28)30(25)17-19-9-3-1-4-10-19/h1,3-6,9-12H,2,7-8,13-18H2. The second-order valence-corrected chi connectivity index (χ2v) is 9.53. The van der Waals surface area contributed by atoms with Gasteiger partial charge < -0.3 is 4.57 Å². The SMILES string of the molecule is O=C1c2ccccc2C(=O)N1CCSc1nnc(CN2CCCCC2)n1Cc1ccccc1. The Balaban J connectivity index is 1.29. The largest absolute Gasteiger partial charge is 0.300 e. The molecule has 0 spiro atoms. The molecule has 0 bridgehead atoms. The third kappa shape index (κ3) is 4.72. The number of imide groups is 1. The lowest BCUT2D eigenvalue weighted by Gasteiger charge is -2.26. The molecule has 3 aromatic rings. The van der Waals surface area contributed by atoms with Crippen LogP contribution in [0, 0.1) is 0 Å². The van der Waals surface area contributed by atoms with Crippen LogP contribution in [-0.2, 0) is 13.1 Å². The summed E-state index contributed by atoms with van der Waals surface area (Å²) in [5, 5.41) is 9.82. The number of likely N-dealkylation sites (tertiary alicyclic amines) is 1. The van der Waals surface area contributed by atoms with Gasteiger partial charge in [-0.25, -0.2) is 0 Å². The number of fused-ring (bicyclic) bond motifs is 1. The number of aromatic nitrogens is 3. The van der Waals surface area contributed by atoms with Crippen LogP contribution in [0.5, 0.6) is 0 Å². The van der Waals surface area contributed by atoms with Crippen molar-refractivity contribution >= 4 is 23.6 Å². The first-order valence-electron chi connectivity index (χ1n) is 11.5. The highest BCUT2D eigenvalue weighted by Crippen LogP contribution is 2.25. The van der Waals surface area contributed by atoms with Crippen molar-refractivity contribution in [1.29, 1.82) is 0 Å². The van der Waals surface area contributed by atoms with Crippen molar-refractivity contribution in [3.8, 4) is 0 Å². The van der Waals surface area contributed by atoms with E-state index in [-0.39, 0.29) is 11.8 Å². The Bertz CT molecular complexity index is 1110. The normalized spacial score (nSPS) is 16.4. The van der Waals surface area contributed by atoms with Gasteiger partial charge in [0.1, 0.15) is 5.82 Å². The predicted molar refractivity (Wildman–Crippen MR) is 127 cm³/mol. The number of carbonyl (C=O) groups is 2. The number of hydrogen-bond acceptors (Lipinski definition) is 6. The molecule has 33 heavy (non-hydrogen) atoms. The van der Waals surface area contributed by atoms with E-state index in [1.54, 1.807) is 36.0 Å². The molecule has 7 nitrogen and oxygen atoms in total. The van der Waals surface area contributed by atoms with E-state index in [0.29, 0.717) is 30.0 Å². The minimum atomic E-state index is -0.215. The lowest BCUT2D eigenvalue weighted by molar-refractivity contribution is 0.0664. The molecule has 0 saturated carbocycles. The lowest BCUT2D eigenvalue weighted by Crippen LogP contribution is -2.32. The molecule has 0 atom stereocenters. The molecule has 2 aliphatic heterocycles. The van der Waals surface area contributed by atoms with Gasteiger partial charge in [0.25, 0.3) is 11.8 Å². The van der Waals surface area contributed by atoms with Gasteiger partial charge in [-0.3, -0.25) is 19.4 Å². The Morgan fingerprint density at radius 1 is 0.788 bits per heavy atom. The van der Waals surface area contributed by atoms with E-state index < -0.39 is 0 Å². The van der Waals surface area contributed by atoms with Gasteiger partial charge in [0, 0.05) is 12.3 Å². The van der Waals surface area contributed by atoms with Gasteiger partial charge >= 0.3 is 0 Å². The van der Waals surface area contributed by atoms with Crippen LogP contribution in [0.2, 0.25) is 0 Å². The second-order valence-electron chi connectivity index (χ2n) is 8.46. The highest BCUT2D eigenvalue weighted by atomic mass is 32.2. The van der Waals surface area contributed by atoms with Gasteiger partial charge in [-0.05, 0) is 43.6 Å². The van der Waals surface area contributed by atoms with E-state index in [4.69, 9.17) is 0 Å². The Labute approximate surface area is 197 Å². The summed E-state index contributed by atoms with van der Waals surface area (Å²) in [6.07, 6.45) is 3.76. The third-order valence-electron chi connectivity index (χ3n) is 6.21. The van der Waals surface area contributed by atoms with Crippen LogP contribution in [0.4, 0.5) is 0 Å². The number of rotatable bonds is 8. The van der Waals surface area contributed by atoms with Crippen LogP contribution < -0.4 is 0 Å². The van der Waals surface area contributed by atoms with Gasteiger partial charge in [-0.1, -0.05) is 60.6 Å². The van der Waals surface area contributed by atoms with Gasteiger partial charge in [0.15, 0.2) is 5.16 Å². The summed E-state index contributed by atoms with van der Waals surface area (Å²) in [7, 11) is 0. The van der Waals surface area contributed by atoms with E-state index in [9.17, 15) is 9.59 Å². The lowest BCUT2D eigenvalue weighted by atomic mass is 10.1. The minimum Gasteiger partial charge on any atom is -0.300 e. The Kier molecular flexibility index (Phi) is 6.55. The van der Waals surface area contributed by atoms with Crippen molar-refractivity contribution < 1.29 is 9.59 Å². The maximum Gasteiger partial charge on any atom is 0.261 e. The summed E-state index contributed by atoms with van der Waals surface area (Å²) in [5.41, 5.74) is 2.17. The summed E-state index contributed by atoms with van der Waals surface area (Å²) in [6, 6.07) is 17.3. The molecule has 1 aromatic heterocycles. The van der Waals surface area contributed by atoms with E-state index in [1.807, 2.05) is 18.2 Å². The zero-order valence-electron chi connectivity index (χ0n) is 18.5. The highest BCUT2D eigenvalue weighted by Gasteiger charge is 2.34. The Morgan fingerprint density at radius 2 is 1.45 bits per heavy atom. The number of hydrogen-bond donors (Lipinski definition) is 0. The van der Waals surface area contributed by atoms with Crippen LogP contribution in [0.1, 0.15) is 51.4 Å². The number of carbonyl (C=O) groups excluding carboxylic acids is 2. The summed E-state index contributed by atoms with van der Waals surface area (Å²) in [4.78, 5) is 29.1. The number of nitrogens with zero attached hydrogens (tertiary/aromatic N) is 5. The molecule has 2 amide bonds. The molecule has 2 aromatic carbocycles. The van der Waals surface area contributed by atoms with E-state index in [2.05, 4.69) is 31.8 Å². The topological polar surface area (TPSA) is 71.3 Å². The fraction of sp³-hybridized carbons (Fsp3) is 0.360. The average Bonchev–Trinajstić information content (AvgIpc) is 3.34. The van der Waals surface area contributed by atoms with Crippen LogP contribution in [0.3, 0.4) is 0 Å². The summed E-state index contributed by atoms with van der Waals surface area (Å²) >= 11 is 1.54. The molecule has 0 N–H and O–H groups in total. The molecule has 2 aliphatic rings. The van der Waals surface area contributed by atoms with Crippen LogP contribution in [-0.4, -0.2) is 61.8 Å². The first kappa shape index (κ1) is 21.9. The molecule has 0 radical (unpaired) electrons. The molecule has 0 unspecified atom stereocenters. The molecular formula is C25H27N5O2S.